The van der Waals surface area contributed by atoms with E-state index < -0.39 is 0 Å². The fourth-order valence-corrected chi connectivity index (χ4v) is 3.17. The number of halogens is 1. The number of nitrogens with one attached hydrogen (secondary N) is 1. The first-order chi connectivity index (χ1) is 11.7. The molecular weight excluding hydrogens is 309 g/mol. The molecule has 3 rings (SSSR count). The van der Waals surface area contributed by atoms with E-state index in [1.807, 2.05) is 23.9 Å². The Bertz CT molecular complexity index is 674. The van der Waals surface area contributed by atoms with Crippen molar-refractivity contribution in [3.8, 4) is 5.75 Å². The van der Waals surface area contributed by atoms with Crippen molar-refractivity contribution in [1.82, 2.24) is 14.9 Å². The molecule has 1 N–H and O–H groups in total. The third-order valence-corrected chi connectivity index (χ3v) is 4.54. The summed E-state index contributed by atoms with van der Waals surface area (Å²) in [5.74, 6) is 1.37. The first kappa shape index (κ1) is 16.9. The molecule has 1 aromatic heterocycles. The number of benzene rings is 1. The minimum atomic E-state index is -0.311. The zero-order chi connectivity index (χ0) is 16.9. The van der Waals surface area contributed by atoms with Gasteiger partial charge >= 0.3 is 0 Å². The summed E-state index contributed by atoms with van der Waals surface area (Å²) in [6.45, 7) is 2.44. The number of aryl methyl sites for hydroxylation is 1. The Labute approximate surface area is 141 Å². The zero-order valence-electron chi connectivity index (χ0n) is 14.2. The van der Waals surface area contributed by atoms with Gasteiger partial charge in [-0.1, -0.05) is 6.07 Å². The summed E-state index contributed by atoms with van der Waals surface area (Å²) in [5, 5.41) is 3.46. The smallest absolute Gasteiger partial charge is 0.165 e. The Morgan fingerprint density at radius 3 is 3.04 bits per heavy atom. The van der Waals surface area contributed by atoms with Crippen LogP contribution in [0.1, 0.15) is 23.9 Å². The molecule has 2 atom stereocenters. The van der Waals surface area contributed by atoms with E-state index in [0.717, 1.165) is 43.9 Å². The summed E-state index contributed by atoms with van der Waals surface area (Å²) in [6, 6.07) is 5.11. The van der Waals surface area contributed by atoms with Crippen LogP contribution >= 0.6 is 0 Å². The number of hydrogen-bond acceptors (Lipinski definition) is 4. The van der Waals surface area contributed by atoms with Crippen molar-refractivity contribution >= 4 is 0 Å². The Morgan fingerprint density at radius 2 is 2.33 bits per heavy atom. The van der Waals surface area contributed by atoms with Crippen molar-refractivity contribution in [3.63, 3.8) is 0 Å². The first-order valence-electron chi connectivity index (χ1n) is 8.31. The van der Waals surface area contributed by atoms with E-state index in [1.54, 1.807) is 12.3 Å². The Morgan fingerprint density at radius 1 is 1.46 bits per heavy atom. The standard InChI is InChI=1S/C18H24FN3O2/c1-22-9-8-21-18(22)17-14(6-10-24-17)12-20-7-5-13-3-4-16(23-2)15(19)11-13/h3-4,8-9,11,14,17,20H,5-7,10,12H2,1-2H3/t14-,17+/m0/s1. The van der Waals surface area contributed by atoms with Crippen LogP contribution in [0.5, 0.6) is 5.75 Å². The lowest BCUT2D eigenvalue weighted by molar-refractivity contribution is 0.0812. The molecule has 1 aromatic carbocycles. The Balaban J connectivity index is 1.48. The molecule has 1 saturated heterocycles. The summed E-state index contributed by atoms with van der Waals surface area (Å²) in [4.78, 5) is 4.41. The van der Waals surface area contributed by atoms with Crippen molar-refractivity contribution in [2.45, 2.75) is 18.9 Å². The monoisotopic (exact) mass is 333 g/mol. The number of rotatable bonds is 7. The predicted octanol–water partition coefficient (Wildman–Crippen LogP) is 2.48. The maximum atomic E-state index is 13.7. The van der Waals surface area contributed by atoms with Crippen LogP contribution in [0, 0.1) is 11.7 Å². The van der Waals surface area contributed by atoms with Crippen LogP contribution in [-0.2, 0) is 18.2 Å². The zero-order valence-corrected chi connectivity index (χ0v) is 14.2. The molecule has 1 aliphatic rings. The first-order valence-corrected chi connectivity index (χ1v) is 8.31. The van der Waals surface area contributed by atoms with Gasteiger partial charge in [0.05, 0.1) is 7.11 Å². The lowest BCUT2D eigenvalue weighted by Gasteiger charge is -2.18. The molecule has 0 bridgehead atoms. The summed E-state index contributed by atoms with van der Waals surface area (Å²) >= 11 is 0. The fourth-order valence-electron chi connectivity index (χ4n) is 3.17. The molecule has 0 saturated carbocycles. The van der Waals surface area contributed by atoms with Gasteiger partial charge in [0.25, 0.3) is 0 Å². The molecule has 0 radical (unpaired) electrons. The number of aromatic nitrogens is 2. The van der Waals surface area contributed by atoms with E-state index in [9.17, 15) is 4.39 Å². The molecule has 5 nitrogen and oxygen atoms in total. The van der Waals surface area contributed by atoms with Gasteiger partial charge < -0.3 is 19.4 Å². The van der Waals surface area contributed by atoms with Gasteiger partial charge in [-0.15, -0.1) is 0 Å². The summed E-state index contributed by atoms with van der Waals surface area (Å²) < 4.78 is 26.5. The van der Waals surface area contributed by atoms with E-state index in [1.165, 1.54) is 13.2 Å². The lowest BCUT2D eigenvalue weighted by atomic mass is 10.0. The molecule has 2 aromatic rings. The van der Waals surface area contributed by atoms with Gasteiger partial charge in [0.2, 0.25) is 0 Å². The predicted molar refractivity (Wildman–Crippen MR) is 89.5 cm³/mol. The Hall–Kier alpha value is -1.92. The minimum absolute atomic E-state index is 0.0518. The second kappa shape index (κ2) is 7.77. The number of methoxy groups -OCH3 is 1. The number of imidazole rings is 1. The maximum Gasteiger partial charge on any atom is 0.165 e. The van der Waals surface area contributed by atoms with Crippen molar-refractivity contribution in [1.29, 1.82) is 0 Å². The molecule has 0 unspecified atom stereocenters. The summed E-state index contributed by atoms with van der Waals surface area (Å²) in [5.41, 5.74) is 0.962. The van der Waals surface area contributed by atoms with E-state index in [-0.39, 0.29) is 17.7 Å². The molecule has 130 valence electrons. The lowest BCUT2D eigenvalue weighted by Crippen LogP contribution is -2.27. The van der Waals surface area contributed by atoms with Crippen LogP contribution < -0.4 is 10.1 Å². The van der Waals surface area contributed by atoms with Gasteiger partial charge in [0, 0.05) is 38.5 Å². The highest BCUT2D eigenvalue weighted by atomic mass is 19.1. The normalized spacial score (nSPS) is 20.5. The average Bonchev–Trinajstić information content (AvgIpc) is 3.20. The van der Waals surface area contributed by atoms with Gasteiger partial charge in [0.15, 0.2) is 11.6 Å². The summed E-state index contributed by atoms with van der Waals surface area (Å²) in [7, 11) is 3.47. The molecule has 1 aliphatic heterocycles. The second-order valence-electron chi connectivity index (χ2n) is 6.16. The number of ether oxygens (including phenoxy) is 2. The molecule has 6 heteroatoms. The largest absolute Gasteiger partial charge is 0.494 e. The van der Waals surface area contributed by atoms with Gasteiger partial charge in [0.1, 0.15) is 11.9 Å². The molecule has 2 heterocycles. The quantitative estimate of drug-likeness (QED) is 0.791. The van der Waals surface area contributed by atoms with E-state index in [0.29, 0.717) is 5.92 Å². The topological polar surface area (TPSA) is 48.3 Å². The number of hydrogen-bond donors (Lipinski definition) is 1. The van der Waals surface area contributed by atoms with Crippen molar-refractivity contribution in [2.24, 2.45) is 13.0 Å². The van der Waals surface area contributed by atoms with Crippen LogP contribution in [0.3, 0.4) is 0 Å². The van der Waals surface area contributed by atoms with E-state index in [4.69, 9.17) is 9.47 Å². The average molecular weight is 333 g/mol. The molecule has 24 heavy (non-hydrogen) atoms. The van der Waals surface area contributed by atoms with Crippen LogP contribution in [-0.4, -0.2) is 36.4 Å². The molecule has 0 spiro atoms. The third kappa shape index (κ3) is 3.76. The minimum Gasteiger partial charge on any atom is -0.494 e. The van der Waals surface area contributed by atoms with E-state index in [2.05, 4.69) is 10.3 Å². The van der Waals surface area contributed by atoms with Gasteiger partial charge in [-0.3, -0.25) is 0 Å². The fraction of sp³-hybridized carbons (Fsp3) is 0.500. The van der Waals surface area contributed by atoms with Crippen molar-refractivity contribution in [3.05, 3.63) is 47.8 Å². The van der Waals surface area contributed by atoms with Gasteiger partial charge in [-0.25, -0.2) is 9.37 Å². The summed E-state index contributed by atoms with van der Waals surface area (Å²) in [6.07, 6.45) is 5.61. The van der Waals surface area contributed by atoms with Crippen LogP contribution in [0.25, 0.3) is 0 Å². The van der Waals surface area contributed by atoms with Crippen LogP contribution in [0.15, 0.2) is 30.6 Å². The third-order valence-electron chi connectivity index (χ3n) is 4.54. The number of nitrogens with zero attached hydrogens (tertiary/aromatic N) is 2. The highest BCUT2D eigenvalue weighted by Crippen LogP contribution is 2.32. The van der Waals surface area contributed by atoms with Crippen LogP contribution in [0.4, 0.5) is 4.39 Å². The van der Waals surface area contributed by atoms with Crippen molar-refractivity contribution in [2.75, 3.05) is 26.8 Å². The van der Waals surface area contributed by atoms with Gasteiger partial charge in [-0.05, 0) is 37.1 Å². The SMILES string of the molecule is COc1ccc(CCNC[C@@H]2CCO[C@H]2c2nccn2C)cc1F. The van der Waals surface area contributed by atoms with E-state index >= 15 is 0 Å². The molecule has 0 amide bonds. The maximum absolute atomic E-state index is 13.7. The van der Waals surface area contributed by atoms with Gasteiger partial charge in [-0.2, -0.15) is 0 Å². The Kier molecular flexibility index (Phi) is 5.48. The highest BCUT2D eigenvalue weighted by molar-refractivity contribution is 5.29. The molecule has 1 fully saturated rings. The molecular formula is C18H24FN3O2. The van der Waals surface area contributed by atoms with Crippen molar-refractivity contribution < 1.29 is 13.9 Å². The second-order valence-corrected chi connectivity index (χ2v) is 6.16. The molecule has 0 aliphatic carbocycles. The highest BCUT2D eigenvalue weighted by Gasteiger charge is 2.31. The van der Waals surface area contributed by atoms with Crippen LogP contribution in [0.2, 0.25) is 0 Å².